The Kier molecular flexibility index (Phi) is 19.9. The molecule has 2 unspecified atom stereocenters. The Morgan fingerprint density at radius 2 is 0.881 bits per heavy atom. The monoisotopic (exact) mass is 579 g/mol. The molecule has 0 fully saturated rings. The molecule has 0 saturated heterocycles. The van der Waals surface area contributed by atoms with Crippen molar-refractivity contribution < 1.29 is 28.4 Å². The van der Waals surface area contributed by atoms with Gasteiger partial charge in [-0.05, 0) is 11.1 Å². The SMILES string of the molecule is C=CCOCC(COCC(COCC(COCC=C)OCC=C)N(Cc1ccccc1)Cc1ccccc1)OCC=C. The Morgan fingerprint density at radius 1 is 0.500 bits per heavy atom. The Morgan fingerprint density at radius 3 is 1.26 bits per heavy atom. The second kappa shape index (κ2) is 23.7. The van der Waals surface area contributed by atoms with E-state index >= 15 is 0 Å². The van der Waals surface area contributed by atoms with Crippen molar-refractivity contribution in [2.24, 2.45) is 0 Å². The highest BCUT2D eigenvalue weighted by Crippen LogP contribution is 2.15. The molecule has 7 nitrogen and oxygen atoms in total. The first-order valence-electron chi connectivity index (χ1n) is 14.5. The summed E-state index contributed by atoms with van der Waals surface area (Å²) in [6, 6.07) is 20.8. The first-order chi connectivity index (χ1) is 20.7. The summed E-state index contributed by atoms with van der Waals surface area (Å²) in [5.41, 5.74) is 2.43. The van der Waals surface area contributed by atoms with E-state index in [0.29, 0.717) is 66.1 Å². The molecule has 2 aromatic rings. The van der Waals surface area contributed by atoms with E-state index in [-0.39, 0.29) is 18.2 Å². The molecule has 2 atom stereocenters. The van der Waals surface area contributed by atoms with Gasteiger partial charge in [-0.15, -0.1) is 26.3 Å². The van der Waals surface area contributed by atoms with Crippen molar-refractivity contribution in [3.05, 3.63) is 122 Å². The third-order valence-corrected chi connectivity index (χ3v) is 6.18. The lowest BCUT2D eigenvalue weighted by molar-refractivity contribution is -0.0800. The fraction of sp³-hybridized carbons (Fsp3) is 0.429. The van der Waals surface area contributed by atoms with Gasteiger partial charge in [0.25, 0.3) is 0 Å². The maximum absolute atomic E-state index is 6.28. The molecule has 0 amide bonds. The Labute approximate surface area is 253 Å². The van der Waals surface area contributed by atoms with Crippen LogP contribution in [0.5, 0.6) is 0 Å². The van der Waals surface area contributed by atoms with Gasteiger partial charge in [-0.1, -0.05) is 85.0 Å². The lowest BCUT2D eigenvalue weighted by Crippen LogP contribution is -2.43. The van der Waals surface area contributed by atoms with Gasteiger partial charge in [0, 0.05) is 13.1 Å². The first-order valence-corrected chi connectivity index (χ1v) is 14.5. The molecule has 0 heterocycles. The molecule has 0 bridgehead atoms. The van der Waals surface area contributed by atoms with Crippen LogP contribution in [-0.4, -0.2) is 89.2 Å². The number of rotatable bonds is 27. The number of ether oxygens (including phenoxy) is 6. The Balaban J connectivity index is 2.16. The molecular formula is C35H49NO6. The average molecular weight is 580 g/mol. The summed E-state index contributed by atoms with van der Waals surface area (Å²) in [6.45, 7) is 20.6. The second-order valence-corrected chi connectivity index (χ2v) is 9.75. The van der Waals surface area contributed by atoms with Gasteiger partial charge in [0.05, 0.1) is 72.1 Å². The van der Waals surface area contributed by atoms with Gasteiger partial charge >= 0.3 is 0 Å². The summed E-state index contributed by atoms with van der Waals surface area (Å²) in [7, 11) is 0. The average Bonchev–Trinajstić information content (AvgIpc) is 3.02. The highest BCUT2D eigenvalue weighted by molar-refractivity contribution is 5.17. The Hall–Kier alpha value is -2.88. The largest absolute Gasteiger partial charge is 0.377 e. The molecule has 0 aliphatic heterocycles. The van der Waals surface area contributed by atoms with Crippen molar-refractivity contribution in [2.75, 3.05) is 66.1 Å². The van der Waals surface area contributed by atoms with E-state index in [4.69, 9.17) is 28.4 Å². The van der Waals surface area contributed by atoms with Crippen LogP contribution in [-0.2, 0) is 41.5 Å². The van der Waals surface area contributed by atoms with E-state index in [0.717, 1.165) is 13.1 Å². The third-order valence-electron chi connectivity index (χ3n) is 6.18. The normalized spacial score (nSPS) is 13.4. The molecule has 2 rings (SSSR count). The maximum Gasteiger partial charge on any atom is 0.105 e. The van der Waals surface area contributed by atoms with Crippen molar-refractivity contribution in [3.8, 4) is 0 Å². The lowest BCUT2D eigenvalue weighted by atomic mass is 10.1. The van der Waals surface area contributed by atoms with Crippen LogP contribution in [0.15, 0.2) is 111 Å². The van der Waals surface area contributed by atoms with Gasteiger partial charge in [0.2, 0.25) is 0 Å². The summed E-state index contributed by atoms with van der Waals surface area (Å²) in [5, 5.41) is 0. The van der Waals surface area contributed by atoms with E-state index in [1.807, 2.05) is 12.1 Å². The topological polar surface area (TPSA) is 58.6 Å². The molecule has 0 saturated carbocycles. The second-order valence-electron chi connectivity index (χ2n) is 9.75. The van der Waals surface area contributed by atoms with Gasteiger partial charge in [-0.25, -0.2) is 0 Å². The fourth-order valence-electron chi connectivity index (χ4n) is 4.14. The predicted octanol–water partition coefficient (Wildman–Crippen LogP) is 5.64. The molecule has 0 aromatic heterocycles. The quantitative estimate of drug-likeness (QED) is 0.100. The zero-order valence-corrected chi connectivity index (χ0v) is 25.0. The van der Waals surface area contributed by atoms with Crippen LogP contribution in [0.3, 0.4) is 0 Å². The smallest absolute Gasteiger partial charge is 0.105 e. The lowest BCUT2D eigenvalue weighted by Gasteiger charge is -2.32. The van der Waals surface area contributed by atoms with Gasteiger partial charge in [-0.2, -0.15) is 0 Å². The van der Waals surface area contributed by atoms with Crippen molar-refractivity contribution in [3.63, 3.8) is 0 Å². The van der Waals surface area contributed by atoms with Crippen LogP contribution in [0.25, 0.3) is 0 Å². The van der Waals surface area contributed by atoms with Gasteiger partial charge in [-0.3, -0.25) is 4.90 Å². The first kappa shape index (κ1) is 35.3. The zero-order valence-electron chi connectivity index (χ0n) is 25.0. The number of hydrogen-bond donors (Lipinski definition) is 0. The number of benzene rings is 2. The minimum absolute atomic E-state index is 0.0475. The summed E-state index contributed by atoms with van der Waals surface area (Å²) in [6.07, 6.45) is 6.45. The van der Waals surface area contributed by atoms with Gasteiger partial charge in [0.15, 0.2) is 0 Å². The van der Waals surface area contributed by atoms with E-state index in [1.165, 1.54) is 11.1 Å². The summed E-state index contributed by atoms with van der Waals surface area (Å²) in [5.74, 6) is 0. The van der Waals surface area contributed by atoms with Crippen LogP contribution in [0.4, 0.5) is 0 Å². The summed E-state index contributed by atoms with van der Waals surface area (Å²) >= 11 is 0. The predicted molar refractivity (Wildman–Crippen MR) is 169 cm³/mol. The summed E-state index contributed by atoms with van der Waals surface area (Å²) < 4.78 is 35.6. The third kappa shape index (κ3) is 15.9. The number of hydrogen-bond acceptors (Lipinski definition) is 7. The van der Waals surface area contributed by atoms with E-state index < -0.39 is 0 Å². The highest BCUT2D eigenvalue weighted by Gasteiger charge is 2.22. The molecule has 0 aliphatic rings. The van der Waals surface area contributed by atoms with Crippen molar-refractivity contribution in [1.82, 2.24) is 4.90 Å². The van der Waals surface area contributed by atoms with E-state index in [9.17, 15) is 0 Å². The Bertz CT molecular complexity index is 892. The van der Waals surface area contributed by atoms with Crippen LogP contribution < -0.4 is 0 Å². The molecule has 0 N–H and O–H groups in total. The van der Waals surface area contributed by atoms with Crippen LogP contribution in [0.2, 0.25) is 0 Å². The highest BCUT2D eigenvalue weighted by atomic mass is 16.6. The molecule has 42 heavy (non-hydrogen) atoms. The van der Waals surface area contributed by atoms with Crippen molar-refractivity contribution in [1.29, 1.82) is 0 Å². The minimum Gasteiger partial charge on any atom is -0.377 e. The van der Waals surface area contributed by atoms with Gasteiger partial charge in [0.1, 0.15) is 12.2 Å². The standard InChI is InChI=1S/C35H49NO6/c1-5-19-37-27-34(41-21-7-3)29-39-25-33(26-40-30-35(42-22-8-4)28-38-20-6-2)36(23-31-15-11-9-12-16-31)24-32-17-13-10-14-18-32/h5-18,33-35H,1-4,19-30H2. The zero-order chi connectivity index (χ0) is 30.1. The van der Waals surface area contributed by atoms with E-state index in [2.05, 4.69) is 79.7 Å². The maximum atomic E-state index is 6.28. The molecule has 0 radical (unpaired) electrons. The van der Waals surface area contributed by atoms with E-state index in [1.54, 1.807) is 24.3 Å². The van der Waals surface area contributed by atoms with Gasteiger partial charge < -0.3 is 28.4 Å². The van der Waals surface area contributed by atoms with Crippen molar-refractivity contribution in [2.45, 2.75) is 31.3 Å². The molecule has 0 aliphatic carbocycles. The van der Waals surface area contributed by atoms with Crippen LogP contribution >= 0.6 is 0 Å². The fourth-order valence-corrected chi connectivity index (χ4v) is 4.14. The van der Waals surface area contributed by atoms with Crippen LogP contribution in [0, 0.1) is 0 Å². The molecule has 7 heteroatoms. The van der Waals surface area contributed by atoms with Crippen LogP contribution in [0.1, 0.15) is 11.1 Å². The number of nitrogens with zero attached hydrogens (tertiary/aromatic N) is 1. The summed E-state index contributed by atoms with van der Waals surface area (Å²) in [4.78, 5) is 2.40. The molecule has 2 aromatic carbocycles. The minimum atomic E-state index is -0.222. The van der Waals surface area contributed by atoms with Crippen molar-refractivity contribution >= 4 is 0 Å². The molecule has 230 valence electrons. The molecular weight excluding hydrogens is 530 g/mol. The molecule has 0 spiro atoms.